The molecule has 3 nitrogen and oxygen atoms in total. The van der Waals surface area contributed by atoms with E-state index < -0.39 is 0 Å². The summed E-state index contributed by atoms with van der Waals surface area (Å²) in [5.41, 5.74) is 5.30. The highest BCUT2D eigenvalue weighted by Gasteiger charge is 2.12. The molecule has 1 heterocycles. The van der Waals surface area contributed by atoms with Gasteiger partial charge in [-0.15, -0.1) is 0 Å². The number of esters is 1. The normalized spacial score (nSPS) is 12.7. The number of nitrogens with one attached hydrogen (secondary N) is 1. The van der Waals surface area contributed by atoms with Gasteiger partial charge in [0.05, 0.1) is 12.7 Å². The molecule has 3 heteroatoms. The van der Waals surface area contributed by atoms with E-state index in [1.807, 2.05) is 18.2 Å². The number of ether oxygens (including phenoxy) is 1. The van der Waals surface area contributed by atoms with Crippen molar-refractivity contribution in [3.05, 3.63) is 53.6 Å². The minimum atomic E-state index is -0.301. The second kappa shape index (κ2) is 4.76. The highest BCUT2D eigenvalue weighted by molar-refractivity contribution is 5.91. The Bertz CT molecular complexity index is 634. The largest absolute Gasteiger partial charge is 0.465 e. The summed E-state index contributed by atoms with van der Waals surface area (Å²) in [6.07, 6.45) is 1.06. The van der Waals surface area contributed by atoms with Gasteiger partial charge in [0.2, 0.25) is 0 Å². The lowest BCUT2D eigenvalue weighted by molar-refractivity contribution is 0.0601. The Balaban J connectivity index is 2.00. The molecule has 19 heavy (non-hydrogen) atoms. The van der Waals surface area contributed by atoms with Crippen LogP contribution in [0.1, 0.15) is 15.9 Å². The van der Waals surface area contributed by atoms with Crippen LogP contribution in [0.15, 0.2) is 42.5 Å². The summed E-state index contributed by atoms with van der Waals surface area (Å²) in [5.74, 6) is -0.301. The Morgan fingerprint density at radius 1 is 1.16 bits per heavy atom. The molecule has 2 aromatic carbocycles. The van der Waals surface area contributed by atoms with E-state index in [0.29, 0.717) is 5.56 Å². The third-order valence-electron chi connectivity index (χ3n) is 3.43. The Hall–Kier alpha value is -2.29. The predicted octanol–water partition coefficient (Wildman–Crippen LogP) is 3.11. The molecule has 3 rings (SSSR count). The average molecular weight is 253 g/mol. The van der Waals surface area contributed by atoms with Gasteiger partial charge in [0.15, 0.2) is 0 Å². The molecule has 0 saturated heterocycles. The summed E-state index contributed by atoms with van der Waals surface area (Å²) < 4.78 is 4.75. The summed E-state index contributed by atoms with van der Waals surface area (Å²) >= 11 is 0. The van der Waals surface area contributed by atoms with E-state index in [9.17, 15) is 4.79 Å². The molecule has 0 aromatic heterocycles. The number of hydrogen-bond donors (Lipinski definition) is 1. The standard InChI is InChI=1S/C16H15NO2/c1-19-16(18)14-4-2-3-11(10-14)12-5-6-15-13(9-12)7-8-17-15/h2-6,9-10,17H,7-8H2,1H3. The van der Waals surface area contributed by atoms with Gasteiger partial charge in [-0.25, -0.2) is 4.79 Å². The first-order chi connectivity index (χ1) is 9.28. The lowest BCUT2D eigenvalue weighted by atomic mass is 10.00. The molecule has 0 radical (unpaired) electrons. The fourth-order valence-electron chi connectivity index (χ4n) is 2.43. The number of fused-ring (bicyclic) bond motifs is 1. The van der Waals surface area contributed by atoms with Crippen molar-refractivity contribution in [3.8, 4) is 11.1 Å². The fourth-order valence-corrected chi connectivity index (χ4v) is 2.43. The molecular weight excluding hydrogens is 238 g/mol. The van der Waals surface area contributed by atoms with E-state index in [0.717, 1.165) is 24.1 Å². The van der Waals surface area contributed by atoms with Crippen LogP contribution in [0.5, 0.6) is 0 Å². The Morgan fingerprint density at radius 3 is 2.84 bits per heavy atom. The van der Waals surface area contributed by atoms with Crippen molar-refractivity contribution in [2.75, 3.05) is 19.0 Å². The number of rotatable bonds is 2. The molecule has 1 N–H and O–H groups in total. The van der Waals surface area contributed by atoms with E-state index in [1.54, 1.807) is 6.07 Å². The Morgan fingerprint density at radius 2 is 2.00 bits per heavy atom. The second-order valence-corrected chi connectivity index (χ2v) is 4.62. The minimum Gasteiger partial charge on any atom is -0.465 e. The topological polar surface area (TPSA) is 38.3 Å². The van der Waals surface area contributed by atoms with Gasteiger partial charge in [0.25, 0.3) is 0 Å². The maximum Gasteiger partial charge on any atom is 0.337 e. The van der Waals surface area contributed by atoms with Gasteiger partial charge in [-0.3, -0.25) is 0 Å². The quantitative estimate of drug-likeness (QED) is 0.836. The van der Waals surface area contributed by atoms with E-state index in [4.69, 9.17) is 4.74 Å². The maximum atomic E-state index is 11.6. The van der Waals surface area contributed by atoms with Crippen LogP contribution in [-0.4, -0.2) is 19.6 Å². The van der Waals surface area contributed by atoms with Crippen LogP contribution >= 0.6 is 0 Å². The van der Waals surface area contributed by atoms with Crippen molar-refractivity contribution in [3.63, 3.8) is 0 Å². The van der Waals surface area contributed by atoms with E-state index >= 15 is 0 Å². The lowest BCUT2D eigenvalue weighted by Crippen LogP contribution is -2.00. The minimum absolute atomic E-state index is 0.301. The molecule has 0 amide bonds. The fraction of sp³-hybridized carbons (Fsp3) is 0.188. The third-order valence-corrected chi connectivity index (χ3v) is 3.43. The molecule has 0 bridgehead atoms. The number of hydrogen-bond acceptors (Lipinski definition) is 3. The second-order valence-electron chi connectivity index (χ2n) is 4.62. The molecule has 1 aliphatic rings. The number of anilines is 1. The van der Waals surface area contributed by atoms with E-state index in [1.165, 1.54) is 18.4 Å². The highest BCUT2D eigenvalue weighted by atomic mass is 16.5. The zero-order valence-electron chi connectivity index (χ0n) is 10.8. The van der Waals surface area contributed by atoms with E-state index in [-0.39, 0.29) is 5.97 Å². The molecule has 0 aliphatic carbocycles. The third kappa shape index (κ3) is 2.19. The molecule has 0 unspecified atom stereocenters. The smallest absolute Gasteiger partial charge is 0.337 e. The Kier molecular flexibility index (Phi) is 2.95. The first-order valence-electron chi connectivity index (χ1n) is 6.33. The zero-order valence-corrected chi connectivity index (χ0v) is 10.8. The zero-order chi connectivity index (χ0) is 13.2. The SMILES string of the molecule is COC(=O)c1cccc(-c2ccc3c(c2)CCN3)c1. The molecule has 1 aliphatic heterocycles. The molecule has 0 fully saturated rings. The first kappa shape index (κ1) is 11.8. The van der Waals surface area contributed by atoms with Gasteiger partial charge in [0, 0.05) is 12.2 Å². The van der Waals surface area contributed by atoms with Gasteiger partial charge in [0.1, 0.15) is 0 Å². The van der Waals surface area contributed by atoms with Crippen molar-refractivity contribution >= 4 is 11.7 Å². The van der Waals surface area contributed by atoms with Crippen LogP contribution in [0.2, 0.25) is 0 Å². The molecule has 0 atom stereocenters. The maximum absolute atomic E-state index is 11.6. The molecule has 2 aromatic rings. The Labute approximate surface area is 112 Å². The van der Waals surface area contributed by atoms with Crippen LogP contribution in [0.3, 0.4) is 0 Å². The lowest BCUT2D eigenvalue weighted by Gasteiger charge is -2.07. The average Bonchev–Trinajstić information content (AvgIpc) is 2.94. The van der Waals surface area contributed by atoms with Gasteiger partial charge >= 0.3 is 5.97 Å². The number of carbonyl (C=O) groups excluding carboxylic acids is 1. The molecule has 96 valence electrons. The van der Waals surface area contributed by atoms with Gasteiger partial charge in [-0.2, -0.15) is 0 Å². The summed E-state index contributed by atoms with van der Waals surface area (Å²) in [7, 11) is 1.40. The number of carbonyl (C=O) groups is 1. The molecule has 0 spiro atoms. The highest BCUT2D eigenvalue weighted by Crippen LogP contribution is 2.28. The number of methoxy groups -OCH3 is 1. The predicted molar refractivity (Wildman–Crippen MR) is 75.4 cm³/mol. The molecular formula is C16H15NO2. The van der Waals surface area contributed by atoms with Crippen LogP contribution in [0.25, 0.3) is 11.1 Å². The first-order valence-corrected chi connectivity index (χ1v) is 6.33. The number of benzene rings is 2. The monoisotopic (exact) mass is 253 g/mol. The van der Waals surface area contributed by atoms with Crippen molar-refractivity contribution in [2.24, 2.45) is 0 Å². The van der Waals surface area contributed by atoms with Gasteiger partial charge in [-0.1, -0.05) is 18.2 Å². The van der Waals surface area contributed by atoms with Crippen molar-refractivity contribution in [1.29, 1.82) is 0 Å². The summed E-state index contributed by atoms with van der Waals surface area (Å²) in [6.45, 7) is 1.00. The summed E-state index contributed by atoms with van der Waals surface area (Å²) in [4.78, 5) is 11.6. The van der Waals surface area contributed by atoms with Crippen molar-refractivity contribution in [1.82, 2.24) is 0 Å². The van der Waals surface area contributed by atoms with Crippen molar-refractivity contribution in [2.45, 2.75) is 6.42 Å². The van der Waals surface area contributed by atoms with Gasteiger partial charge < -0.3 is 10.1 Å². The van der Waals surface area contributed by atoms with Crippen LogP contribution in [0.4, 0.5) is 5.69 Å². The van der Waals surface area contributed by atoms with Crippen LogP contribution < -0.4 is 5.32 Å². The summed E-state index contributed by atoms with van der Waals surface area (Å²) in [5, 5.41) is 3.34. The van der Waals surface area contributed by atoms with Crippen LogP contribution in [-0.2, 0) is 11.2 Å². The van der Waals surface area contributed by atoms with Gasteiger partial charge in [-0.05, 0) is 47.4 Å². The van der Waals surface area contributed by atoms with Crippen LogP contribution in [0, 0.1) is 0 Å². The van der Waals surface area contributed by atoms with Crippen molar-refractivity contribution < 1.29 is 9.53 Å². The van der Waals surface area contributed by atoms with E-state index in [2.05, 4.69) is 23.5 Å². The molecule has 0 saturated carbocycles. The summed E-state index contributed by atoms with van der Waals surface area (Å²) in [6, 6.07) is 13.9.